The van der Waals surface area contributed by atoms with E-state index in [1.54, 1.807) is 0 Å². The van der Waals surface area contributed by atoms with Crippen LogP contribution in [0.25, 0.3) is 21.7 Å². The number of carbonyl (C=O) groups excluding carboxylic acids is 1. The monoisotopic (exact) mass is 314 g/mol. The molecule has 3 nitrogen and oxygen atoms in total. The third-order valence-electron chi connectivity index (χ3n) is 4.45. The SMILES string of the molecule is C[C@@H](NC(=O)c1ccc2cc[nH]c2c1)c1cccc2ccccc12. The van der Waals surface area contributed by atoms with E-state index in [9.17, 15) is 4.79 Å². The van der Waals surface area contributed by atoms with Gasteiger partial charge >= 0.3 is 0 Å². The van der Waals surface area contributed by atoms with E-state index < -0.39 is 0 Å². The summed E-state index contributed by atoms with van der Waals surface area (Å²) in [5, 5.41) is 6.57. The lowest BCUT2D eigenvalue weighted by molar-refractivity contribution is 0.0940. The van der Waals surface area contributed by atoms with E-state index in [-0.39, 0.29) is 11.9 Å². The molecular formula is C21H18N2O. The fourth-order valence-corrected chi connectivity index (χ4v) is 3.17. The van der Waals surface area contributed by atoms with Crippen molar-refractivity contribution in [3.05, 3.63) is 84.1 Å². The number of carbonyl (C=O) groups is 1. The number of rotatable bonds is 3. The molecule has 0 aliphatic carbocycles. The van der Waals surface area contributed by atoms with E-state index >= 15 is 0 Å². The van der Waals surface area contributed by atoms with E-state index in [1.165, 1.54) is 10.8 Å². The van der Waals surface area contributed by atoms with Crippen molar-refractivity contribution in [2.24, 2.45) is 0 Å². The first-order valence-corrected chi connectivity index (χ1v) is 8.08. The zero-order chi connectivity index (χ0) is 16.5. The van der Waals surface area contributed by atoms with Crippen molar-refractivity contribution in [3.8, 4) is 0 Å². The van der Waals surface area contributed by atoms with Crippen molar-refractivity contribution in [1.29, 1.82) is 0 Å². The smallest absolute Gasteiger partial charge is 0.251 e. The summed E-state index contributed by atoms with van der Waals surface area (Å²) in [4.78, 5) is 15.7. The lowest BCUT2D eigenvalue weighted by atomic mass is 9.99. The lowest BCUT2D eigenvalue weighted by Gasteiger charge is -2.17. The summed E-state index contributed by atoms with van der Waals surface area (Å²) in [7, 11) is 0. The Morgan fingerprint density at radius 3 is 2.71 bits per heavy atom. The van der Waals surface area contributed by atoms with Crippen molar-refractivity contribution in [3.63, 3.8) is 0 Å². The first kappa shape index (κ1) is 14.5. The quantitative estimate of drug-likeness (QED) is 0.560. The topological polar surface area (TPSA) is 44.9 Å². The van der Waals surface area contributed by atoms with Crippen molar-refractivity contribution in [2.45, 2.75) is 13.0 Å². The molecule has 0 spiro atoms. The van der Waals surface area contributed by atoms with Crippen LogP contribution in [0.5, 0.6) is 0 Å². The van der Waals surface area contributed by atoms with Gasteiger partial charge in [0.15, 0.2) is 0 Å². The maximum Gasteiger partial charge on any atom is 0.251 e. The molecule has 1 aromatic heterocycles. The van der Waals surface area contributed by atoms with Gasteiger partial charge in [-0.15, -0.1) is 0 Å². The first-order chi connectivity index (χ1) is 11.7. The molecule has 0 bridgehead atoms. The van der Waals surface area contributed by atoms with Crippen LogP contribution in [0.4, 0.5) is 0 Å². The minimum Gasteiger partial charge on any atom is -0.361 e. The molecule has 4 aromatic rings. The molecule has 0 fully saturated rings. The van der Waals surface area contributed by atoms with E-state index in [1.807, 2.05) is 55.6 Å². The Balaban J connectivity index is 1.62. The summed E-state index contributed by atoms with van der Waals surface area (Å²) in [6.07, 6.45) is 1.88. The summed E-state index contributed by atoms with van der Waals surface area (Å²) < 4.78 is 0. The molecule has 0 radical (unpaired) electrons. The summed E-state index contributed by atoms with van der Waals surface area (Å²) in [5.41, 5.74) is 2.76. The van der Waals surface area contributed by atoms with Gasteiger partial charge in [0.25, 0.3) is 5.91 Å². The van der Waals surface area contributed by atoms with Gasteiger partial charge in [0.05, 0.1) is 6.04 Å². The zero-order valence-corrected chi connectivity index (χ0v) is 13.4. The molecule has 0 saturated carbocycles. The van der Waals surface area contributed by atoms with Gasteiger partial charge in [-0.05, 0) is 46.8 Å². The molecule has 4 rings (SSSR count). The second-order valence-corrected chi connectivity index (χ2v) is 6.04. The number of nitrogens with one attached hydrogen (secondary N) is 2. The highest BCUT2D eigenvalue weighted by atomic mass is 16.1. The maximum atomic E-state index is 12.6. The van der Waals surface area contributed by atoms with Crippen LogP contribution in [0.2, 0.25) is 0 Å². The van der Waals surface area contributed by atoms with Crippen molar-refractivity contribution in [2.75, 3.05) is 0 Å². The molecule has 0 saturated heterocycles. The summed E-state index contributed by atoms with van der Waals surface area (Å²) in [5.74, 6) is -0.0630. The normalized spacial score (nSPS) is 12.4. The number of benzene rings is 3. The Kier molecular flexibility index (Phi) is 3.54. The van der Waals surface area contributed by atoms with E-state index in [0.717, 1.165) is 16.5 Å². The standard InChI is InChI=1S/C21H18N2O/c1-14(18-8-4-6-15-5-2-3-7-19(15)18)23-21(24)17-10-9-16-11-12-22-20(16)13-17/h2-14,22H,1H3,(H,23,24)/t14-/m1/s1. The van der Waals surface area contributed by atoms with Gasteiger partial charge in [0.1, 0.15) is 0 Å². The fraction of sp³-hybridized carbons (Fsp3) is 0.0952. The van der Waals surface area contributed by atoms with Crippen LogP contribution >= 0.6 is 0 Å². The Labute approximate surface area is 140 Å². The van der Waals surface area contributed by atoms with Crippen molar-refractivity contribution >= 4 is 27.6 Å². The number of aromatic nitrogens is 1. The zero-order valence-electron chi connectivity index (χ0n) is 13.4. The number of amides is 1. The number of hydrogen-bond acceptors (Lipinski definition) is 1. The number of hydrogen-bond donors (Lipinski definition) is 2. The third kappa shape index (κ3) is 2.54. The molecule has 0 aliphatic heterocycles. The van der Waals surface area contributed by atoms with Gasteiger partial charge in [-0.1, -0.05) is 48.5 Å². The molecule has 24 heavy (non-hydrogen) atoms. The van der Waals surface area contributed by atoms with Crippen LogP contribution in [0.15, 0.2) is 72.9 Å². The molecule has 118 valence electrons. The van der Waals surface area contributed by atoms with Crippen LogP contribution in [-0.4, -0.2) is 10.9 Å². The van der Waals surface area contributed by atoms with Crippen molar-refractivity contribution in [1.82, 2.24) is 10.3 Å². The molecule has 3 aromatic carbocycles. The molecule has 0 aliphatic rings. The predicted octanol–water partition coefficient (Wildman–Crippen LogP) is 4.81. The number of aromatic amines is 1. The second-order valence-electron chi connectivity index (χ2n) is 6.04. The molecule has 1 atom stereocenters. The Hall–Kier alpha value is -3.07. The molecule has 0 unspecified atom stereocenters. The average Bonchev–Trinajstić information content (AvgIpc) is 3.08. The van der Waals surface area contributed by atoms with Gasteiger partial charge in [0.2, 0.25) is 0 Å². The van der Waals surface area contributed by atoms with Crippen LogP contribution in [0.3, 0.4) is 0 Å². The van der Waals surface area contributed by atoms with E-state index in [4.69, 9.17) is 0 Å². The Morgan fingerprint density at radius 1 is 0.958 bits per heavy atom. The van der Waals surface area contributed by atoms with Crippen LogP contribution < -0.4 is 5.32 Å². The molecular weight excluding hydrogens is 296 g/mol. The highest BCUT2D eigenvalue weighted by molar-refractivity contribution is 5.98. The minimum absolute atomic E-state index is 0.0630. The van der Waals surface area contributed by atoms with Gasteiger partial charge in [-0.2, -0.15) is 0 Å². The summed E-state index contributed by atoms with van der Waals surface area (Å²) in [6, 6.07) is 22.1. The van der Waals surface area contributed by atoms with Gasteiger partial charge in [-0.3, -0.25) is 4.79 Å². The van der Waals surface area contributed by atoms with Crippen molar-refractivity contribution < 1.29 is 4.79 Å². The Morgan fingerprint density at radius 2 is 1.79 bits per heavy atom. The fourth-order valence-electron chi connectivity index (χ4n) is 3.17. The van der Waals surface area contributed by atoms with E-state index in [2.05, 4.69) is 34.6 Å². The average molecular weight is 314 g/mol. The van der Waals surface area contributed by atoms with Crippen LogP contribution in [0.1, 0.15) is 28.9 Å². The molecule has 3 heteroatoms. The van der Waals surface area contributed by atoms with Crippen LogP contribution in [0, 0.1) is 0 Å². The molecule has 1 heterocycles. The van der Waals surface area contributed by atoms with Gasteiger partial charge < -0.3 is 10.3 Å². The minimum atomic E-state index is -0.0667. The molecule has 2 N–H and O–H groups in total. The predicted molar refractivity (Wildman–Crippen MR) is 98.1 cm³/mol. The van der Waals surface area contributed by atoms with E-state index in [0.29, 0.717) is 5.56 Å². The largest absolute Gasteiger partial charge is 0.361 e. The highest BCUT2D eigenvalue weighted by Gasteiger charge is 2.14. The highest BCUT2D eigenvalue weighted by Crippen LogP contribution is 2.24. The summed E-state index contributed by atoms with van der Waals surface area (Å²) in [6.45, 7) is 2.02. The Bertz CT molecular complexity index is 1030. The maximum absolute atomic E-state index is 12.6. The first-order valence-electron chi connectivity index (χ1n) is 8.08. The van der Waals surface area contributed by atoms with Gasteiger partial charge in [-0.25, -0.2) is 0 Å². The number of H-pyrrole nitrogens is 1. The second kappa shape index (κ2) is 5.85. The third-order valence-corrected chi connectivity index (χ3v) is 4.45. The lowest BCUT2D eigenvalue weighted by Crippen LogP contribution is -2.26. The van der Waals surface area contributed by atoms with Crippen LogP contribution in [-0.2, 0) is 0 Å². The summed E-state index contributed by atoms with van der Waals surface area (Å²) >= 11 is 0. The molecule has 1 amide bonds. The van der Waals surface area contributed by atoms with Gasteiger partial charge in [0, 0.05) is 17.3 Å². The number of fused-ring (bicyclic) bond motifs is 2.